The maximum atomic E-state index is 12.5. The highest BCUT2D eigenvalue weighted by Gasteiger charge is 2.20. The zero-order valence-electron chi connectivity index (χ0n) is 50.8. The average molecular weight is 1060 g/mol. The van der Waals surface area contributed by atoms with Crippen molar-refractivity contribution in [3.05, 3.63) is 24.3 Å². The van der Waals surface area contributed by atoms with Gasteiger partial charge in [0.1, 0.15) is 0 Å². The highest BCUT2D eigenvalue weighted by atomic mass is 16.5. The molecule has 0 bridgehead atoms. The Morgan fingerprint density at radius 2 is 0.627 bits per heavy atom. The Kier molecular flexibility index (Phi) is 63.4. The number of hydrogen-bond donors (Lipinski definition) is 3. The first-order valence-corrected chi connectivity index (χ1v) is 34.1. The fraction of sp³-hybridized carbons (Fsp3) is 0.913. The van der Waals surface area contributed by atoms with E-state index in [1.807, 2.05) is 0 Å². The summed E-state index contributed by atoms with van der Waals surface area (Å²) >= 11 is 0. The lowest BCUT2D eigenvalue weighted by Gasteiger charge is -2.22. The number of aliphatic hydroxyl groups is 2. The Morgan fingerprint density at radius 3 is 0.973 bits per heavy atom. The average Bonchev–Trinajstić information content (AvgIpc) is 3.41. The van der Waals surface area contributed by atoms with Crippen molar-refractivity contribution in [1.82, 2.24) is 5.32 Å². The van der Waals surface area contributed by atoms with Gasteiger partial charge in [0.05, 0.1) is 25.4 Å². The van der Waals surface area contributed by atoms with Gasteiger partial charge < -0.3 is 20.3 Å². The van der Waals surface area contributed by atoms with Crippen molar-refractivity contribution in [3.8, 4) is 0 Å². The summed E-state index contributed by atoms with van der Waals surface area (Å²) in [6, 6.07) is -0.549. The van der Waals surface area contributed by atoms with Crippen molar-refractivity contribution >= 4 is 11.9 Å². The number of hydrogen-bond acceptors (Lipinski definition) is 5. The first-order chi connectivity index (χ1) is 37.0. The minimum atomic E-state index is -0.671. The molecule has 1 amide bonds. The van der Waals surface area contributed by atoms with Crippen LogP contribution in [-0.2, 0) is 14.3 Å². The van der Waals surface area contributed by atoms with E-state index in [1.54, 1.807) is 0 Å². The van der Waals surface area contributed by atoms with Crippen molar-refractivity contribution in [3.63, 3.8) is 0 Å². The Balaban J connectivity index is 3.42. The molecule has 6 nitrogen and oxygen atoms in total. The van der Waals surface area contributed by atoms with E-state index in [2.05, 4.69) is 43.5 Å². The van der Waals surface area contributed by atoms with E-state index in [-0.39, 0.29) is 18.5 Å². The molecule has 0 saturated heterocycles. The SMILES string of the molecule is CCCCC/C=C\CCCCCCCC(=O)OCCCCCCCCCCCC/C=C\CCCCCCCCCC(=O)NC(CO)C(O)CCCCCCCCCCCCCCCCCCCCCCCCCCC. The number of ether oxygens (including phenoxy) is 1. The summed E-state index contributed by atoms with van der Waals surface area (Å²) in [5.41, 5.74) is 0. The normalized spacial score (nSPS) is 12.6. The second kappa shape index (κ2) is 64.9. The molecule has 0 fully saturated rings. The van der Waals surface area contributed by atoms with Crippen LogP contribution >= 0.6 is 0 Å². The van der Waals surface area contributed by atoms with Gasteiger partial charge in [-0.2, -0.15) is 0 Å². The third-order valence-corrected chi connectivity index (χ3v) is 16.0. The molecule has 0 saturated carbocycles. The summed E-state index contributed by atoms with van der Waals surface area (Å²) in [4.78, 5) is 24.6. The molecule has 2 atom stereocenters. The number of carbonyl (C=O) groups is 2. The Morgan fingerprint density at radius 1 is 0.360 bits per heavy atom. The highest BCUT2D eigenvalue weighted by molar-refractivity contribution is 5.76. The number of nitrogens with one attached hydrogen (secondary N) is 1. The zero-order valence-corrected chi connectivity index (χ0v) is 50.8. The summed E-state index contributed by atoms with van der Waals surface area (Å²) < 4.78 is 5.47. The van der Waals surface area contributed by atoms with E-state index in [0.717, 1.165) is 44.9 Å². The quantitative estimate of drug-likeness (QED) is 0.0320. The minimum Gasteiger partial charge on any atom is -0.466 e. The fourth-order valence-electron chi connectivity index (χ4n) is 10.7. The molecule has 0 aliphatic rings. The lowest BCUT2D eigenvalue weighted by molar-refractivity contribution is -0.143. The third-order valence-electron chi connectivity index (χ3n) is 16.0. The number of esters is 1. The lowest BCUT2D eigenvalue weighted by atomic mass is 10.0. The lowest BCUT2D eigenvalue weighted by Crippen LogP contribution is -2.45. The van der Waals surface area contributed by atoms with Gasteiger partial charge in [0.25, 0.3) is 0 Å². The van der Waals surface area contributed by atoms with E-state index in [1.165, 1.54) is 302 Å². The second-order valence-corrected chi connectivity index (χ2v) is 23.5. The van der Waals surface area contributed by atoms with Crippen LogP contribution in [-0.4, -0.2) is 47.4 Å². The maximum absolute atomic E-state index is 12.5. The molecule has 0 aliphatic carbocycles. The summed E-state index contributed by atoms with van der Waals surface area (Å²) in [6.45, 7) is 4.95. The molecule has 3 N–H and O–H groups in total. The van der Waals surface area contributed by atoms with Crippen LogP contribution in [0.2, 0.25) is 0 Å². The van der Waals surface area contributed by atoms with Crippen LogP contribution in [0.4, 0.5) is 0 Å². The molecule has 6 heteroatoms. The molecule has 444 valence electrons. The molecule has 2 unspecified atom stereocenters. The molecule has 0 spiro atoms. The summed E-state index contributed by atoms with van der Waals surface area (Å²) in [7, 11) is 0. The van der Waals surface area contributed by atoms with Gasteiger partial charge in [-0.1, -0.05) is 314 Å². The number of allylic oxidation sites excluding steroid dienone is 4. The number of rotatable bonds is 64. The topological polar surface area (TPSA) is 95.9 Å². The smallest absolute Gasteiger partial charge is 0.305 e. The van der Waals surface area contributed by atoms with Gasteiger partial charge in [-0.3, -0.25) is 9.59 Å². The molecule has 0 aromatic heterocycles. The molecule has 75 heavy (non-hydrogen) atoms. The van der Waals surface area contributed by atoms with Crippen molar-refractivity contribution in [1.29, 1.82) is 0 Å². The van der Waals surface area contributed by atoms with Crippen LogP contribution in [0.3, 0.4) is 0 Å². The Hall–Kier alpha value is -1.66. The summed E-state index contributed by atoms with van der Waals surface area (Å²) in [5.74, 6) is -0.0395. The zero-order chi connectivity index (χ0) is 54.3. The monoisotopic (exact) mass is 1060 g/mol. The number of amides is 1. The van der Waals surface area contributed by atoms with E-state index in [0.29, 0.717) is 25.9 Å². The number of unbranched alkanes of at least 4 members (excludes halogenated alkanes) is 49. The molecule has 0 rings (SSSR count). The predicted octanol–water partition coefficient (Wildman–Crippen LogP) is 21.8. The maximum Gasteiger partial charge on any atom is 0.305 e. The van der Waals surface area contributed by atoms with Gasteiger partial charge in [-0.15, -0.1) is 0 Å². The van der Waals surface area contributed by atoms with Gasteiger partial charge in [-0.25, -0.2) is 0 Å². The predicted molar refractivity (Wildman–Crippen MR) is 329 cm³/mol. The van der Waals surface area contributed by atoms with Gasteiger partial charge in [0.15, 0.2) is 0 Å². The largest absolute Gasteiger partial charge is 0.466 e. The van der Waals surface area contributed by atoms with Gasteiger partial charge in [0, 0.05) is 12.8 Å². The highest BCUT2D eigenvalue weighted by Crippen LogP contribution is 2.18. The molecule has 0 aliphatic heterocycles. The second-order valence-electron chi connectivity index (χ2n) is 23.5. The molecule has 0 radical (unpaired) electrons. The summed E-state index contributed by atoms with van der Waals surface area (Å²) in [6.07, 6.45) is 80.7. The number of carbonyl (C=O) groups excluding carboxylic acids is 2. The van der Waals surface area contributed by atoms with Crippen LogP contribution in [0.5, 0.6) is 0 Å². The van der Waals surface area contributed by atoms with E-state index in [9.17, 15) is 19.8 Å². The first-order valence-electron chi connectivity index (χ1n) is 34.1. The van der Waals surface area contributed by atoms with Crippen LogP contribution in [0.25, 0.3) is 0 Å². The van der Waals surface area contributed by atoms with E-state index in [4.69, 9.17) is 4.74 Å². The molecule has 0 aromatic carbocycles. The van der Waals surface area contributed by atoms with Crippen LogP contribution in [0.15, 0.2) is 24.3 Å². The van der Waals surface area contributed by atoms with E-state index < -0.39 is 12.1 Å². The van der Waals surface area contributed by atoms with Crippen LogP contribution < -0.4 is 5.32 Å². The number of aliphatic hydroxyl groups excluding tert-OH is 2. The van der Waals surface area contributed by atoms with Crippen LogP contribution in [0, 0.1) is 0 Å². The van der Waals surface area contributed by atoms with Crippen LogP contribution in [0.1, 0.15) is 380 Å². The van der Waals surface area contributed by atoms with E-state index >= 15 is 0 Å². The van der Waals surface area contributed by atoms with Gasteiger partial charge >= 0.3 is 5.97 Å². The van der Waals surface area contributed by atoms with Crippen molar-refractivity contribution in [2.45, 2.75) is 392 Å². The van der Waals surface area contributed by atoms with Crippen molar-refractivity contribution in [2.75, 3.05) is 13.2 Å². The minimum absolute atomic E-state index is 0.00107. The fourth-order valence-corrected chi connectivity index (χ4v) is 10.7. The van der Waals surface area contributed by atoms with Gasteiger partial charge in [0.2, 0.25) is 5.91 Å². The van der Waals surface area contributed by atoms with Gasteiger partial charge in [-0.05, 0) is 77.0 Å². The first kappa shape index (κ1) is 73.3. The molecular weight excluding hydrogens is 923 g/mol. The molecule has 0 heterocycles. The third kappa shape index (κ3) is 61.4. The van der Waals surface area contributed by atoms with Crippen molar-refractivity contribution in [2.24, 2.45) is 0 Å². The molecular formula is C69H133NO5. The Bertz CT molecular complexity index is 1170. The Labute approximate surface area is 469 Å². The summed E-state index contributed by atoms with van der Waals surface area (Å²) in [5, 5.41) is 23.4. The molecule has 0 aromatic rings. The standard InChI is InChI=1S/C69H133NO5/c1-3-5-7-9-11-13-15-17-18-19-20-21-22-23-24-26-29-32-35-38-41-45-49-53-57-61-67(72)66(65-71)70-68(73)62-58-54-50-46-42-39-36-33-30-27-25-28-31-34-37-40-44-48-52-56-60-64-75-69(74)63-59-55-51-47-43-16-14-12-10-8-6-4-2/h12,14,27,30,66-67,71-72H,3-11,13,15-26,28-29,31-65H2,1-2H3,(H,70,73)/b14-12-,30-27-. The van der Waals surface area contributed by atoms with Crippen molar-refractivity contribution < 1.29 is 24.5 Å².